The zero-order valence-corrected chi connectivity index (χ0v) is 12.3. The Morgan fingerprint density at radius 2 is 2.05 bits per heavy atom. The summed E-state index contributed by atoms with van der Waals surface area (Å²) in [6, 6.07) is 9.00. The van der Waals surface area contributed by atoms with Gasteiger partial charge in [0.05, 0.1) is 0 Å². The zero-order chi connectivity index (χ0) is 15.1. The van der Waals surface area contributed by atoms with E-state index in [4.69, 9.17) is 0 Å². The van der Waals surface area contributed by atoms with E-state index >= 15 is 0 Å². The molecule has 0 spiro atoms. The molecule has 3 aliphatic rings. The van der Waals surface area contributed by atoms with E-state index in [0.29, 0.717) is 17.1 Å². The second kappa shape index (κ2) is 5.25. The van der Waals surface area contributed by atoms with Gasteiger partial charge in [-0.3, -0.25) is 4.79 Å². The molecule has 2 aromatic rings. The fraction of sp³-hybridized carbons (Fsp3) is 0.412. The molecule has 2 N–H and O–H groups in total. The molecule has 5 nitrogen and oxygen atoms in total. The van der Waals surface area contributed by atoms with E-state index in [-0.39, 0.29) is 17.7 Å². The Kier molecular flexibility index (Phi) is 3.22. The van der Waals surface area contributed by atoms with Gasteiger partial charge in [-0.2, -0.15) is 0 Å². The van der Waals surface area contributed by atoms with Gasteiger partial charge in [-0.15, -0.1) is 0 Å². The van der Waals surface area contributed by atoms with E-state index in [2.05, 4.69) is 15.2 Å². The molecule has 1 aromatic carbocycles. The molecule has 3 saturated heterocycles. The summed E-state index contributed by atoms with van der Waals surface area (Å²) in [5, 5.41) is 13.8. The number of benzene rings is 1. The SMILES string of the molecule is O=C(N[C@H]1CN2CCC1CC2)c1ccc2cccc(O)c2n1. The summed E-state index contributed by atoms with van der Waals surface area (Å²) in [7, 11) is 0. The second-order valence-corrected chi connectivity index (χ2v) is 6.26. The van der Waals surface area contributed by atoms with Gasteiger partial charge in [0.2, 0.25) is 0 Å². The molecule has 0 unspecified atom stereocenters. The first-order valence-corrected chi connectivity index (χ1v) is 7.83. The van der Waals surface area contributed by atoms with E-state index in [1.807, 2.05) is 12.1 Å². The first-order chi connectivity index (χ1) is 10.7. The van der Waals surface area contributed by atoms with E-state index in [0.717, 1.165) is 37.9 Å². The van der Waals surface area contributed by atoms with E-state index in [9.17, 15) is 9.90 Å². The first kappa shape index (κ1) is 13.5. The average molecular weight is 297 g/mol. The van der Waals surface area contributed by atoms with Crippen LogP contribution < -0.4 is 5.32 Å². The number of aromatic hydroxyl groups is 1. The average Bonchev–Trinajstić information content (AvgIpc) is 2.56. The smallest absolute Gasteiger partial charge is 0.270 e. The van der Waals surface area contributed by atoms with Crippen molar-refractivity contribution in [3.05, 3.63) is 36.0 Å². The fourth-order valence-electron chi connectivity index (χ4n) is 3.63. The molecule has 5 rings (SSSR count). The van der Waals surface area contributed by atoms with Crippen LogP contribution in [0.25, 0.3) is 10.9 Å². The highest BCUT2D eigenvalue weighted by Crippen LogP contribution is 2.28. The third-order valence-electron chi connectivity index (χ3n) is 4.90. The van der Waals surface area contributed by atoms with Crippen LogP contribution in [0.1, 0.15) is 23.3 Å². The predicted octanol–water partition coefficient (Wildman–Crippen LogP) is 1.76. The number of para-hydroxylation sites is 1. The molecule has 3 fully saturated rings. The number of hydrogen-bond donors (Lipinski definition) is 2. The minimum Gasteiger partial charge on any atom is -0.506 e. The number of phenolic OH excluding ortho intramolecular Hbond substituents is 1. The van der Waals surface area contributed by atoms with Crippen LogP contribution in [0.15, 0.2) is 30.3 Å². The lowest BCUT2D eigenvalue weighted by molar-refractivity contribution is 0.0618. The highest BCUT2D eigenvalue weighted by molar-refractivity contribution is 5.96. The van der Waals surface area contributed by atoms with Crippen molar-refractivity contribution in [3.8, 4) is 5.75 Å². The molecular formula is C17H19N3O2. The maximum atomic E-state index is 12.5. The standard InChI is InChI=1S/C17H19N3O2/c21-15-3-1-2-12-4-5-13(18-16(12)15)17(22)19-14-10-20-8-6-11(14)7-9-20/h1-5,11,14,21H,6-10H2,(H,19,22)/t14-/m0/s1. The topological polar surface area (TPSA) is 65.5 Å². The van der Waals surface area contributed by atoms with E-state index < -0.39 is 0 Å². The lowest BCUT2D eigenvalue weighted by Crippen LogP contribution is -2.57. The Morgan fingerprint density at radius 1 is 1.23 bits per heavy atom. The van der Waals surface area contributed by atoms with Gasteiger partial charge in [0.1, 0.15) is 17.0 Å². The van der Waals surface area contributed by atoms with Crippen molar-refractivity contribution in [1.82, 2.24) is 15.2 Å². The summed E-state index contributed by atoms with van der Waals surface area (Å²) >= 11 is 0. The molecule has 4 heterocycles. The summed E-state index contributed by atoms with van der Waals surface area (Å²) in [6.45, 7) is 3.24. The summed E-state index contributed by atoms with van der Waals surface area (Å²) in [5.74, 6) is 0.543. The van der Waals surface area contributed by atoms with Crippen molar-refractivity contribution in [3.63, 3.8) is 0 Å². The van der Waals surface area contributed by atoms with Gasteiger partial charge in [0.15, 0.2) is 0 Å². The highest BCUT2D eigenvalue weighted by Gasteiger charge is 2.35. The predicted molar refractivity (Wildman–Crippen MR) is 83.8 cm³/mol. The molecule has 1 amide bonds. The zero-order valence-electron chi connectivity index (χ0n) is 12.3. The van der Waals surface area contributed by atoms with Crippen molar-refractivity contribution in [2.75, 3.05) is 19.6 Å². The van der Waals surface area contributed by atoms with Gasteiger partial charge in [-0.1, -0.05) is 18.2 Å². The molecular weight excluding hydrogens is 278 g/mol. The van der Waals surface area contributed by atoms with Crippen LogP contribution in [-0.2, 0) is 0 Å². The summed E-state index contributed by atoms with van der Waals surface area (Å²) < 4.78 is 0. The normalized spacial score (nSPS) is 27.0. The van der Waals surface area contributed by atoms with Crippen LogP contribution in [0.2, 0.25) is 0 Å². The lowest BCUT2D eigenvalue weighted by atomic mass is 9.84. The number of carbonyl (C=O) groups is 1. The fourth-order valence-corrected chi connectivity index (χ4v) is 3.63. The van der Waals surface area contributed by atoms with Crippen LogP contribution in [-0.4, -0.2) is 46.6 Å². The van der Waals surface area contributed by atoms with Crippen molar-refractivity contribution in [2.45, 2.75) is 18.9 Å². The third-order valence-corrected chi connectivity index (χ3v) is 4.90. The number of hydrogen-bond acceptors (Lipinski definition) is 4. The minimum absolute atomic E-state index is 0.106. The molecule has 2 bridgehead atoms. The number of pyridine rings is 1. The molecule has 0 radical (unpaired) electrons. The number of piperidine rings is 3. The molecule has 3 aliphatic heterocycles. The van der Waals surface area contributed by atoms with Gasteiger partial charge in [-0.25, -0.2) is 4.98 Å². The lowest BCUT2D eigenvalue weighted by Gasteiger charge is -2.44. The number of nitrogens with zero attached hydrogens (tertiary/aromatic N) is 2. The van der Waals surface area contributed by atoms with E-state index in [1.54, 1.807) is 18.2 Å². The number of rotatable bonds is 2. The van der Waals surface area contributed by atoms with Gasteiger partial charge in [0.25, 0.3) is 5.91 Å². The Hall–Kier alpha value is -2.14. The van der Waals surface area contributed by atoms with Crippen molar-refractivity contribution in [1.29, 1.82) is 0 Å². The van der Waals surface area contributed by atoms with Crippen LogP contribution in [0.3, 0.4) is 0 Å². The molecule has 0 aliphatic carbocycles. The van der Waals surface area contributed by atoms with E-state index in [1.165, 1.54) is 0 Å². The van der Waals surface area contributed by atoms with Crippen LogP contribution >= 0.6 is 0 Å². The van der Waals surface area contributed by atoms with Gasteiger partial charge in [0, 0.05) is 18.0 Å². The minimum atomic E-state index is -0.149. The largest absolute Gasteiger partial charge is 0.506 e. The quantitative estimate of drug-likeness (QED) is 0.886. The van der Waals surface area contributed by atoms with Crippen LogP contribution in [0.5, 0.6) is 5.75 Å². The summed E-state index contributed by atoms with van der Waals surface area (Å²) in [5.41, 5.74) is 0.842. The Labute approximate surface area is 129 Å². The highest BCUT2D eigenvalue weighted by atomic mass is 16.3. The Balaban J connectivity index is 1.56. The van der Waals surface area contributed by atoms with Crippen LogP contribution in [0, 0.1) is 5.92 Å². The van der Waals surface area contributed by atoms with Gasteiger partial charge < -0.3 is 15.3 Å². The number of aromatic nitrogens is 1. The number of nitrogens with one attached hydrogen (secondary N) is 1. The first-order valence-electron chi connectivity index (χ1n) is 7.83. The summed E-state index contributed by atoms with van der Waals surface area (Å²) in [4.78, 5) is 19.2. The second-order valence-electron chi connectivity index (χ2n) is 6.26. The monoisotopic (exact) mass is 297 g/mol. The van der Waals surface area contributed by atoms with Gasteiger partial charge in [-0.05, 0) is 44.0 Å². The molecule has 1 aromatic heterocycles. The van der Waals surface area contributed by atoms with Crippen molar-refractivity contribution >= 4 is 16.8 Å². The Morgan fingerprint density at radius 3 is 2.77 bits per heavy atom. The molecule has 0 saturated carbocycles. The maximum Gasteiger partial charge on any atom is 0.270 e. The molecule has 1 atom stereocenters. The number of carbonyl (C=O) groups excluding carboxylic acids is 1. The number of amides is 1. The van der Waals surface area contributed by atoms with Crippen LogP contribution in [0.4, 0.5) is 0 Å². The Bertz CT molecular complexity index is 723. The van der Waals surface area contributed by atoms with Crippen molar-refractivity contribution < 1.29 is 9.90 Å². The van der Waals surface area contributed by atoms with Gasteiger partial charge >= 0.3 is 0 Å². The number of fused-ring (bicyclic) bond motifs is 4. The number of phenols is 1. The van der Waals surface area contributed by atoms with Crippen molar-refractivity contribution in [2.24, 2.45) is 5.92 Å². The summed E-state index contributed by atoms with van der Waals surface area (Å²) in [6.07, 6.45) is 2.33. The third kappa shape index (κ3) is 2.31. The molecule has 5 heteroatoms. The maximum absolute atomic E-state index is 12.5. The molecule has 22 heavy (non-hydrogen) atoms. The molecule has 114 valence electrons.